The van der Waals surface area contributed by atoms with Gasteiger partial charge in [0, 0.05) is 106 Å². The van der Waals surface area contributed by atoms with E-state index in [4.69, 9.17) is 33.5 Å². The highest BCUT2D eigenvalue weighted by atomic mass is 32.2. The number of aromatic carboxylic acids is 1. The molecule has 4 heterocycles. The van der Waals surface area contributed by atoms with Gasteiger partial charge >= 0.3 is 5.97 Å². The van der Waals surface area contributed by atoms with Crippen LogP contribution in [0.3, 0.4) is 0 Å². The molecule has 0 radical (unpaired) electrons. The van der Waals surface area contributed by atoms with E-state index in [1.54, 1.807) is 52.9 Å². The Balaban J connectivity index is 0.000000405. The molecule has 1 aromatic heterocycles. The van der Waals surface area contributed by atoms with Crippen molar-refractivity contribution in [1.29, 1.82) is 0 Å². The smallest absolute Gasteiger partial charge is 0.341 e. The lowest BCUT2D eigenvalue weighted by molar-refractivity contribution is -0.266. The maximum Gasteiger partial charge on any atom is 0.341 e. The Labute approximate surface area is 490 Å². The van der Waals surface area contributed by atoms with Gasteiger partial charge in [-0.3, -0.25) is 4.79 Å². The molecule has 3 aliphatic rings. The molecule has 2 fully saturated rings. The van der Waals surface area contributed by atoms with E-state index in [1.807, 2.05) is 59.5 Å². The first kappa shape index (κ1) is 72.7. The van der Waals surface area contributed by atoms with Crippen molar-refractivity contribution in [1.82, 2.24) is 19.3 Å². The van der Waals surface area contributed by atoms with E-state index < -0.39 is 48.0 Å². The molecule has 0 bridgehead atoms. The Bertz CT molecular complexity index is 2220. The quantitative estimate of drug-likeness (QED) is 0.0285. The van der Waals surface area contributed by atoms with E-state index in [9.17, 15) is 34.8 Å². The van der Waals surface area contributed by atoms with E-state index in [1.165, 1.54) is 0 Å². The minimum Gasteiger partial charge on any atom is -0.477 e. The van der Waals surface area contributed by atoms with Crippen molar-refractivity contribution in [2.75, 3.05) is 87.1 Å². The lowest BCUT2D eigenvalue weighted by Crippen LogP contribution is -2.54. The summed E-state index contributed by atoms with van der Waals surface area (Å²) in [5, 5.41) is 51.3. The van der Waals surface area contributed by atoms with Crippen LogP contribution in [0.1, 0.15) is 163 Å². The summed E-state index contributed by atoms with van der Waals surface area (Å²) in [6.07, 6.45) is 7.52. The Morgan fingerprint density at radius 1 is 1.05 bits per heavy atom. The monoisotopic (exact) mass is 1170 g/mol. The van der Waals surface area contributed by atoms with Crippen LogP contribution in [-0.4, -0.2) is 216 Å². The summed E-state index contributed by atoms with van der Waals surface area (Å²) in [4.78, 5) is 44.1. The fourth-order valence-electron chi connectivity index (χ4n) is 12.0. The number of aliphatic hydroxyl groups is 4. The number of carbonyl (C=O) groups is 2. The van der Waals surface area contributed by atoms with Crippen molar-refractivity contribution >= 4 is 34.9 Å². The summed E-state index contributed by atoms with van der Waals surface area (Å²) in [6.45, 7) is 28.5. The highest BCUT2D eigenvalue weighted by molar-refractivity contribution is 7.99. The van der Waals surface area contributed by atoms with Gasteiger partial charge in [-0.25, -0.2) is 4.79 Å². The molecule has 81 heavy (non-hydrogen) atoms. The van der Waals surface area contributed by atoms with Gasteiger partial charge in [-0.15, -0.1) is 11.8 Å². The number of ether oxygens (including phenoxy) is 6. The molecule has 2 aromatic rings. The van der Waals surface area contributed by atoms with Crippen LogP contribution in [0.25, 0.3) is 10.9 Å². The summed E-state index contributed by atoms with van der Waals surface area (Å²) in [6, 6.07) is 4.46. The second-order valence-electron chi connectivity index (χ2n) is 24.2. The van der Waals surface area contributed by atoms with Crippen LogP contribution in [0.4, 0.5) is 0 Å². The zero-order valence-corrected chi connectivity index (χ0v) is 53.5. The standard InChI is InChI=1S/C30H60N2O7.C30H44N2O6S.C2H6O/c1-12-25(37-11)15-26(34)23(6)32(10)17-19(2)16-30(7,36)29(22(5)28(35)20(3)18-33)39-27-14-24(31(8)9)13-21(4)38-27;1-6-31(13-15-38-28-21(3)37-14-11-30(28,4)36-5)12-8-16-39-23-17-22-10-7-9-20(2)32-19-25(29(34)35)27(33)24(18-23)26(22)32;1-2-3/h18-29,34-36H,12-17H2,1-11H3;17-21,28H,6-16H2,1-5H3,(H,34,35);3H,2H2,1H3/t19-,20?,21?,22+,23?,24?,25-,26-,27?,28-,29-,30-;20?,21?,28-,30+;/m10./s1. The number of carbonyl (C=O) groups excluding carboxylic acids is 1. The number of hydrogen-bond donors (Lipinski definition) is 5. The second-order valence-corrected chi connectivity index (χ2v) is 25.3. The van der Waals surface area contributed by atoms with Gasteiger partial charge in [-0.05, 0) is 157 Å². The van der Waals surface area contributed by atoms with Crippen LogP contribution >= 0.6 is 11.8 Å². The lowest BCUT2D eigenvalue weighted by atomic mass is 9.78. The molecule has 3 aliphatic heterocycles. The number of thioether (sulfide) groups is 1. The summed E-state index contributed by atoms with van der Waals surface area (Å²) in [5.41, 5.74) is -0.109. The van der Waals surface area contributed by atoms with Gasteiger partial charge in [-0.2, -0.15) is 0 Å². The number of methoxy groups -OCH3 is 2. The number of benzene rings is 1. The highest BCUT2D eigenvalue weighted by Crippen LogP contribution is 2.37. The van der Waals surface area contributed by atoms with Gasteiger partial charge in [0.05, 0.1) is 59.9 Å². The van der Waals surface area contributed by atoms with Crippen LogP contribution in [0.2, 0.25) is 0 Å². The first-order valence-electron chi connectivity index (χ1n) is 30.1. The molecule has 16 atom stereocenters. The second kappa shape index (κ2) is 35.1. The number of likely N-dealkylation sites (N-methyl/N-ethyl adjacent to an activating group) is 2. The van der Waals surface area contributed by atoms with Crippen LogP contribution < -0.4 is 5.43 Å². The third kappa shape index (κ3) is 21.4. The van der Waals surface area contributed by atoms with Crippen molar-refractivity contribution in [3.05, 3.63) is 39.7 Å². The average Bonchev–Trinajstić information content (AvgIpc) is 3.63. The molecule has 468 valence electrons. The van der Waals surface area contributed by atoms with Crippen LogP contribution in [0.5, 0.6) is 0 Å². The van der Waals surface area contributed by atoms with Crippen molar-refractivity contribution in [3.63, 3.8) is 0 Å². The Morgan fingerprint density at radius 3 is 2.32 bits per heavy atom. The third-order valence-electron chi connectivity index (χ3n) is 17.2. The van der Waals surface area contributed by atoms with E-state index >= 15 is 0 Å². The number of nitrogens with zero attached hydrogens (tertiary/aromatic N) is 4. The largest absolute Gasteiger partial charge is 0.477 e. The average molecular weight is 1170 g/mol. The molecule has 5 rings (SSSR count). The predicted molar refractivity (Wildman–Crippen MR) is 323 cm³/mol. The Kier molecular flexibility index (Phi) is 31.5. The zero-order valence-electron chi connectivity index (χ0n) is 52.7. The topological polar surface area (TPSA) is 222 Å². The molecular formula is C62H110N4O14S. The molecule has 18 nitrogen and oxygen atoms in total. The fourth-order valence-corrected chi connectivity index (χ4v) is 13.0. The predicted octanol–water partition coefficient (Wildman–Crippen LogP) is 7.93. The molecular weight excluding hydrogens is 1060 g/mol. The zero-order chi connectivity index (χ0) is 60.9. The van der Waals surface area contributed by atoms with E-state index in [2.05, 4.69) is 55.4 Å². The lowest BCUT2D eigenvalue weighted by Gasteiger charge is -2.45. The molecule has 0 amide bonds. The number of carboxylic acids is 1. The molecule has 0 aliphatic carbocycles. The van der Waals surface area contributed by atoms with Crippen molar-refractivity contribution in [3.8, 4) is 0 Å². The summed E-state index contributed by atoms with van der Waals surface area (Å²) < 4.78 is 38.0. The molecule has 19 heteroatoms. The van der Waals surface area contributed by atoms with Gasteiger partial charge in [0.1, 0.15) is 18.0 Å². The minimum absolute atomic E-state index is 0.00165. The van der Waals surface area contributed by atoms with Gasteiger partial charge in [0.15, 0.2) is 6.29 Å². The van der Waals surface area contributed by atoms with Crippen LogP contribution in [0, 0.1) is 17.8 Å². The Hall–Kier alpha value is -2.60. The fraction of sp³-hybridized carbons (Fsp3) is 0.823. The molecule has 0 saturated carbocycles. The number of pyridine rings is 1. The van der Waals surface area contributed by atoms with Crippen molar-refractivity contribution in [2.45, 2.75) is 231 Å². The van der Waals surface area contributed by atoms with E-state index in [-0.39, 0.29) is 71.7 Å². The Morgan fingerprint density at radius 2 is 1.73 bits per heavy atom. The number of aldehydes is 1. The first-order chi connectivity index (χ1) is 38.2. The number of aryl methyl sites for hydroxylation is 1. The van der Waals surface area contributed by atoms with Gasteiger partial charge in [0.25, 0.3) is 0 Å². The maximum absolute atomic E-state index is 13.1. The molecule has 2 saturated heterocycles. The van der Waals surface area contributed by atoms with Crippen LogP contribution in [-0.2, 0) is 39.6 Å². The highest BCUT2D eigenvalue weighted by Gasteiger charge is 2.45. The van der Waals surface area contributed by atoms with Gasteiger partial charge in [0.2, 0.25) is 5.43 Å². The number of aromatic nitrogens is 1. The SMILES string of the molecule is CCN(CCCSc1cc2c3c(c1)c(=O)c(C(=O)O)cn3C(C)CCC2)CCO[C@H]1C(C)OCC[C@@]1(C)OC.CCO.CC[C@H](C[C@@H](O)C(C)N(C)C[C@H](C)C[C@@](C)(O)[C@H](OC1CC(N(C)C)CC(C)O1)[C@@H](C)[C@H](O)C(C)C=O)OC. The summed E-state index contributed by atoms with van der Waals surface area (Å²) in [7, 11) is 9.49. The third-order valence-corrected chi connectivity index (χ3v) is 18.3. The number of aliphatic hydroxyl groups excluding tert-OH is 3. The van der Waals surface area contributed by atoms with Gasteiger partial charge in [-0.1, -0.05) is 34.6 Å². The van der Waals surface area contributed by atoms with Gasteiger partial charge < -0.3 is 78.0 Å². The van der Waals surface area contributed by atoms with E-state index in [0.717, 1.165) is 92.6 Å². The minimum atomic E-state index is -1.30. The molecule has 1 aromatic carbocycles. The molecule has 5 N–H and O–H groups in total. The number of rotatable bonds is 30. The van der Waals surface area contributed by atoms with Crippen LogP contribution in [0.15, 0.2) is 28.0 Å². The summed E-state index contributed by atoms with van der Waals surface area (Å²) >= 11 is 1.74. The first-order valence-corrected chi connectivity index (χ1v) is 31.1. The normalized spacial score (nSPS) is 26.0. The summed E-state index contributed by atoms with van der Waals surface area (Å²) in [5.74, 6) is -1.29. The molecule has 7 unspecified atom stereocenters. The molecule has 0 spiro atoms. The number of carboxylic acid groups (broad SMARTS) is 1. The maximum atomic E-state index is 13.1. The van der Waals surface area contributed by atoms with E-state index in [0.29, 0.717) is 44.4 Å². The number of hydrogen-bond acceptors (Lipinski definition) is 17. The van der Waals surface area contributed by atoms with Crippen molar-refractivity contribution < 1.29 is 63.5 Å². The van der Waals surface area contributed by atoms with Crippen molar-refractivity contribution in [2.24, 2.45) is 17.8 Å².